The van der Waals surface area contributed by atoms with E-state index in [4.69, 9.17) is 11.6 Å². The van der Waals surface area contributed by atoms with Gasteiger partial charge in [0, 0.05) is 24.7 Å². The van der Waals surface area contributed by atoms with E-state index < -0.39 is 5.41 Å². The van der Waals surface area contributed by atoms with Crippen molar-refractivity contribution in [1.29, 1.82) is 0 Å². The zero-order valence-corrected chi connectivity index (χ0v) is 14.7. The summed E-state index contributed by atoms with van der Waals surface area (Å²) in [6.45, 7) is 5.88. The Balaban J connectivity index is 2.00. The number of carbonyl (C=O) groups is 2. The summed E-state index contributed by atoms with van der Waals surface area (Å²) in [6, 6.07) is 7.42. The van der Waals surface area contributed by atoms with Crippen LogP contribution in [0.25, 0.3) is 0 Å². The summed E-state index contributed by atoms with van der Waals surface area (Å²) in [7, 11) is 0. The van der Waals surface area contributed by atoms with E-state index in [0.717, 1.165) is 18.4 Å². The Hall–Kier alpha value is -1.55. The summed E-state index contributed by atoms with van der Waals surface area (Å²) >= 11 is 6.11. The fourth-order valence-corrected chi connectivity index (χ4v) is 3.01. The molecule has 0 atom stereocenters. The van der Waals surface area contributed by atoms with Crippen LogP contribution in [-0.2, 0) is 16.1 Å². The first-order chi connectivity index (χ1) is 11.0. The summed E-state index contributed by atoms with van der Waals surface area (Å²) in [4.78, 5) is 27.2. The van der Waals surface area contributed by atoms with Crippen molar-refractivity contribution in [3.63, 3.8) is 0 Å². The summed E-state index contributed by atoms with van der Waals surface area (Å²) in [6.07, 6.45) is 3.10. The van der Waals surface area contributed by atoms with Crippen LogP contribution in [-0.4, -0.2) is 29.8 Å². The van der Waals surface area contributed by atoms with Gasteiger partial charge in [-0.25, -0.2) is 0 Å². The monoisotopic (exact) mass is 336 g/mol. The van der Waals surface area contributed by atoms with E-state index in [9.17, 15) is 9.59 Å². The average Bonchev–Trinajstić information content (AvgIpc) is 3.35. The van der Waals surface area contributed by atoms with Crippen molar-refractivity contribution in [3.8, 4) is 0 Å². The number of hydrogen-bond donors (Lipinski definition) is 1. The Morgan fingerprint density at radius 2 is 1.78 bits per heavy atom. The van der Waals surface area contributed by atoms with Crippen LogP contribution < -0.4 is 5.32 Å². The number of rotatable bonds is 8. The van der Waals surface area contributed by atoms with Crippen LogP contribution >= 0.6 is 11.6 Å². The minimum Gasteiger partial charge on any atom is -0.351 e. The molecule has 1 N–H and O–H groups in total. The van der Waals surface area contributed by atoms with Crippen molar-refractivity contribution in [2.75, 3.05) is 13.1 Å². The zero-order chi connectivity index (χ0) is 16.9. The summed E-state index contributed by atoms with van der Waals surface area (Å²) < 4.78 is 0. The molecule has 0 aromatic heterocycles. The third-order valence-electron chi connectivity index (χ3n) is 4.27. The van der Waals surface area contributed by atoms with Crippen molar-refractivity contribution in [1.82, 2.24) is 10.2 Å². The molecule has 5 heteroatoms. The van der Waals surface area contributed by atoms with Gasteiger partial charge in [-0.15, -0.1) is 0 Å². The maximum absolute atomic E-state index is 12.8. The zero-order valence-electron chi connectivity index (χ0n) is 13.9. The smallest absolute Gasteiger partial charge is 0.238 e. The minimum absolute atomic E-state index is 0.0159. The molecule has 126 valence electrons. The van der Waals surface area contributed by atoms with Crippen LogP contribution in [0.15, 0.2) is 24.3 Å². The first-order valence-corrected chi connectivity index (χ1v) is 8.74. The van der Waals surface area contributed by atoms with Crippen molar-refractivity contribution in [3.05, 3.63) is 34.9 Å². The SMILES string of the molecule is CCCN(CCC)C(=O)C1(C(=O)NCc2ccccc2Cl)CC1. The van der Waals surface area contributed by atoms with Crippen LogP contribution in [0, 0.1) is 5.41 Å². The number of halogens is 1. The second kappa shape index (κ2) is 7.82. The molecule has 1 saturated carbocycles. The lowest BCUT2D eigenvalue weighted by atomic mass is 10.0. The van der Waals surface area contributed by atoms with E-state index in [2.05, 4.69) is 5.32 Å². The lowest BCUT2D eigenvalue weighted by Gasteiger charge is -2.26. The van der Waals surface area contributed by atoms with Crippen LogP contribution in [0.1, 0.15) is 45.1 Å². The molecule has 1 aliphatic rings. The molecule has 0 unspecified atom stereocenters. The molecular weight excluding hydrogens is 312 g/mol. The van der Waals surface area contributed by atoms with Crippen molar-refractivity contribution in [2.45, 2.75) is 46.1 Å². The Bertz CT molecular complexity index is 564. The molecule has 0 saturated heterocycles. The quantitative estimate of drug-likeness (QED) is 0.740. The summed E-state index contributed by atoms with van der Waals surface area (Å²) in [5.41, 5.74) is 0.0238. The van der Waals surface area contributed by atoms with Gasteiger partial charge in [0.25, 0.3) is 0 Å². The number of carbonyl (C=O) groups excluding carboxylic acids is 2. The molecule has 1 aromatic rings. The van der Waals surface area contributed by atoms with Crippen molar-refractivity contribution in [2.24, 2.45) is 5.41 Å². The largest absolute Gasteiger partial charge is 0.351 e. The summed E-state index contributed by atoms with van der Waals surface area (Å²) in [5.74, 6) is -0.183. The van der Waals surface area contributed by atoms with Crippen molar-refractivity contribution >= 4 is 23.4 Å². The maximum Gasteiger partial charge on any atom is 0.238 e. The van der Waals surface area contributed by atoms with Crippen molar-refractivity contribution < 1.29 is 9.59 Å². The molecular formula is C18H25ClN2O2. The normalized spacial score (nSPS) is 15.1. The molecule has 0 aliphatic heterocycles. The number of benzene rings is 1. The molecule has 2 amide bonds. The van der Waals surface area contributed by atoms with Gasteiger partial charge in [-0.3, -0.25) is 9.59 Å². The molecule has 0 radical (unpaired) electrons. The fourth-order valence-electron chi connectivity index (χ4n) is 2.81. The van der Waals surface area contributed by atoms with Gasteiger partial charge in [-0.05, 0) is 37.3 Å². The molecule has 1 aliphatic carbocycles. The van der Waals surface area contributed by atoms with Gasteiger partial charge in [0.15, 0.2) is 0 Å². The van der Waals surface area contributed by atoms with E-state index in [1.807, 2.05) is 36.9 Å². The van der Waals surface area contributed by atoms with Gasteiger partial charge >= 0.3 is 0 Å². The number of hydrogen-bond acceptors (Lipinski definition) is 2. The third-order valence-corrected chi connectivity index (χ3v) is 4.63. The standard InChI is InChI=1S/C18H25ClN2O2/c1-3-11-21(12-4-2)17(23)18(9-10-18)16(22)20-13-14-7-5-6-8-15(14)19/h5-8H,3-4,9-13H2,1-2H3,(H,20,22). The van der Waals surface area contributed by atoms with E-state index >= 15 is 0 Å². The van der Waals surface area contributed by atoms with Crippen LogP contribution in [0.3, 0.4) is 0 Å². The fraction of sp³-hybridized carbons (Fsp3) is 0.556. The van der Waals surface area contributed by atoms with Gasteiger partial charge in [0.05, 0.1) is 0 Å². The van der Waals surface area contributed by atoms with Crippen LogP contribution in [0.4, 0.5) is 0 Å². The first kappa shape index (κ1) is 17.8. The lowest BCUT2D eigenvalue weighted by Crippen LogP contribution is -2.45. The predicted octanol–water partition coefficient (Wildman–Crippen LogP) is 3.39. The highest BCUT2D eigenvalue weighted by Gasteiger charge is 2.57. The molecule has 0 spiro atoms. The van der Waals surface area contributed by atoms with E-state index in [1.54, 1.807) is 6.07 Å². The molecule has 1 fully saturated rings. The number of nitrogens with one attached hydrogen (secondary N) is 1. The molecule has 2 rings (SSSR count). The topological polar surface area (TPSA) is 49.4 Å². The highest BCUT2D eigenvalue weighted by atomic mass is 35.5. The van der Waals surface area contributed by atoms with E-state index in [1.165, 1.54) is 0 Å². The lowest BCUT2D eigenvalue weighted by molar-refractivity contribution is -0.144. The van der Waals surface area contributed by atoms with E-state index in [-0.39, 0.29) is 11.8 Å². The highest BCUT2D eigenvalue weighted by Crippen LogP contribution is 2.47. The average molecular weight is 337 g/mol. The Kier molecular flexibility index (Phi) is 6.05. The maximum atomic E-state index is 12.8. The highest BCUT2D eigenvalue weighted by molar-refractivity contribution is 6.31. The van der Waals surface area contributed by atoms with Crippen LogP contribution in [0.5, 0.6) is 0 Å². The van der Waals surface area contributed by atoms with Gasteiger partial charge in [0.1, 0.15) is 5.41 Å². The van der Waals surface area contributed by atoms with Gasteiger partial charge < -0.3 is 10.2 Å². The molecule has 23 heavy (non-hydrogen) atoms. The molecule has 4 nitrogen and oxygen atoms in total. The Morgan fingerprint density at radius 3 is 2.30 bits per heavy atom. The van der Waals surface area contributed by atoms with Crippen LogP contribution in [0.2, 0.25) is 5.02 Å². The molecule has 1 aromatic carbocycles. The Labute approximate surface area is 143 Å². The third kappa shape index (κ3) is 4.05. The Morgan fingerprint density at radius 1 is 1.17 bits per heavy atom. The second-order valence-corrected chi connectivity index (χ2v) is 6.56. The van der Waals surface area contributed by atoms with Gasteiger partial charge in [0.2, 0.25) is 11.8 Å². The number of nitrogens with zero attached hydrogens (tertiary/aromatic N) is 1. The second-order valence-electron chi connectivity index (χ2n) is 6.15. The van der Waals surface area contributed by atoms with E-state index in [0.29, 0.717) is 37.5 Å². The molecule has 0 heterocycles. The summed E-state index contributed by atoms with van der Waals surface area (Å²) in [5, 5.41) is 3.52. The number of amides is 2. The van der Waals surface area contributed by atoms with Gasteiger partial charge in [-0.2, -0.15) is 0 Å². The predicted molar refractivity (Wildman–Crippen MR) is 92.1 cm³/mol. The van der Waals surface area contributed by atoms with Gasteiger partial charge in [-0.1, -0.05) is 43.6 Å². The molecule has 0 bridgehead atoms. The minimum atomic E-state index is -0.842. The first-order valence-electron chi connectivity index (χ1n) is 8.36.